The summed E-state index contributed by atoms with van der Waals surface area (Å²) in [5.74, 6) is 0.899. The van der Waals surface area contributed by atoms with Gasteiger partial charge in [-0.15, -0.1) is 5.10 Å². The molecule has 10 heteroatoms. The van der Waals surface area contributed by atoms with Crippen LogP contribution < -0.4 is 19.6 Å². The predicted octanol–water partition coefficient (Wildman–Crippen LogP) is 5.15. The first-order chi connectivity index (χ1) is 19.5. The van der Waals surface area contributed by atoms with Gasteiger partial charge in [-0.2, -0.15) is 14.6 Å². The molecule has 0 aliphatic carbocycles. The number of halogens is 1. The number of fused-ring (bicyclic) bond motifs is 1. The van der Waals surface area contributed by atoms with Gasteiger partial charge in [-0.25, -0.2) is 9.07 Å². The molecule has 3 aromatic carbocycles. The summed E-state index contributed by atoms with van der Waals surface area (Å²) in [5, 5.41) is 9.19. The minimum Gasteiger partial charge on any atom is -0.497 e. The highest BCUT2D eigenvalue weighted by Crippen LogP contribution is 2.29. The largest absolute Gasteiger partial charge is 0.497 e. The maximum absolute atomic E-state index is 14.9. The second-order valence-electron chi connectivity index (χ2n) is 8.98. The monoisotopic (exact) mass is 553 g/mol. The second-order valence-corrected chi connectivity index (χ2v) is 9.99. The van der Waals surface area contributed by atoms with E-state index in [9.17, 15) is 9.18 Å². The molecule has 0 fully saturated rings. The Bertz CT molecular complexity index is 1910. The standard InChI is InChI=1S/C30H24FN5O3S/c1-3-15-39-25-14-11-20(16-24(25)31)27-21(18-35(33-27)22-7-5-4-6-8-22)17-26-29(37)36-30(40-26)32-28(34-36)19-9-12-23(38-2)13-10-19/h4-14,16-18H,3,15H2,1-2H3. The first kappa shape index (κ1) is 25.4. The normalized spacial score (nSPS) is 11.8. The highest BCUT2D eigenvalue weighted by molar-refractivity contribution is 7.15. The molecule has 0 atom stereocenters. The second kappa shape index (κ2) is 10.7. The number of para-hydroxylation sites is 1. The fourth-order valence-corrected chi connectivity index (χ4v) is 5.14. The lowest BCUT2D eigenvalue weighted by Crippen LogP contribution is -2.23. The van der Waals surface area contributed by atoms with Crippen LogP contribution in [-0.2, 0) is 0 Å². The van der Waals surface area contributed by atoms with Crippen LogP contribution in [-0.4, -0.2) is 38.1 Å². The lowest BCUT2D eigenvalue weighted by atomic mass is 10.1. The Hall–Kier alpha value is -4.83. The van der Waals surface area contributed by atoms with Crippen molar-refractivity contribution in [3.8, 4) is 39.8 Å². The minimum absolute atomic E-state index is 0.193. The van der Waals surface area contributed by atoms with E-state index in [-0.39, 0.29) is 11.3 Å². The third-order valence-electron chi connectivity index (χ3n) is 6.25. The molecule has 40 heavy (non-hydrogen) atoms. The van der Waals surface area contributed by atoms with Crippen molar-refractivity contribution in [3.63, 3.8) is 0 Å². The van der Waals surface area contributed by atoms with Gasteiger partial charge in [0.05, 0.1) is 23.9 Å². The summed E-state index contributed by atoms with van der Waals surface area (Å²) in [5.41, 5.74) is 3.07. The lowest BCUT2D eigenvalue weighted by molar-refractivity contribution is 0.301. The van der Waals surface area contributed by atoms with E-state index in [1.54, 1.807) is 30.0 Å². The minimum atomic E-state index is -0.472. The topological polar surface area (TPSA) is 83.5 Å². The van der Waals surface area contributed by atoms with Crippen molar-refractivity contribution in [1.82, 2.24) is 24.4 Å². The van der Waals surface area contributed by atoms with Gasteiger partial charge in [0.2, 0.25) is 4.96 Å². The number of methoxy groups -OCH3 is 1. The number of hydrogen-bond acceptors (Lipinski definition) is 7. The van der Waals surface area contributed by atoms with Crippen LogP contribution in [0.2, 0.25) is 0 Å². The van der Waals surface area contributed by atoms with Crippen LogP contribution in [0.4, 0.5) is 4.39 Å². The van der Waals surface area contributed by atoms with Crippen LogP contribution in [0.15, 0.2) is 83.8 Å². The Morgan fingerprint density at radius 1 is 1.00 bits per heavy atom. The molecular weight excluding hydrogens is 529 g/mol. The maximum Gasteiger partial charge on any atom is 0.291 e. The van der Waals surface area contributed by atoms with Gasteiger partial charge in [0, 0.05) is 22.9 Å². The van der Waals surface area contributed by atoms with Crippen LogP contribution in [0, 0.1) is 5.82 Å². The van der Waals surface area contributed by atoms with E-state index in [1.807, 2.05) is 67.7 Å². The molecule has 0 N–H and O–H groups in total. The number of thiazole rings is 1. The van der Waals surface area contributed by atoms with Crippen LogP contribution in [0.25, 0.3) is 39.4 Å². The van der Waals surface area contributed by atoms with Crippen LogP contribution in [0.5, 0.6) is 11.5 Å². The molecule has 0 bridgehead atoms. The van der Waals surface area contributed by atoms with Crippen molar-refractivity contribution in [2.24, 2.45) is 0 Å². The Morgan fingerprint density at radius 2 is 1.77 bits per heavy atom. The first-order valence-electron chi connectivity index (χ1n) is 12.7. The quantitative estimate of drug-likeness (QED) is 0.259. The molecule has 0 unspecified atom stereocenters. The van der Waals surface area contributed by atoms with Crippen molar-refractivity contribution >= 4 is 22.4 Å². The van der Waals surface area contributed by atoms with Gasteiger partial charge >= 0.3 is 0 Å². The summed E-state index contributed by atoms with van der Waals surface area (Å²) >= 11 is 1.23. The van der Waals surface area contributed by atoms with Gasteiger partial charge in [-0.3, -0.25) is 4.79 Å². The molecular formula is C30H24FN5O3S. The first-order valence-corrected chi connectivity index (χ1v) is 13.5. The van der Waals surface area contributed by atoms with Crippen molar-refractivity contribution < 1.29 is 13.9 Å². The number of aromatic nitrogens is 5. The van der Waals surface area contributed by atoms with Crippen LogP contribution in [0.3, 0.4) is 0 Å². The molecule has 200 valence electrons. The van der Waals surface area contributed by atoms with E-state index in [1.165, 1.54) is 21.9 Å². The smallest absolute Gasteiger partial charge is 0.291 e. The molecule has 6 aromatic rings. The molecule has 0 saturated heterocycles. The van der Waals surface area contributed by atoms with Crippen molar-refractivity contribution in [3.05, 3.63) is 105 Å². The molecule has 0 amide bonds. The fourth-order valence-electron chi connectivity index (χ4n) is 4.24. The van der Waals surface area contributed by atoms with Gasteiger partial charge in [-0.05, 0) is 67.1 Å². The Labute approximate surface area is 232 Å². The van der Waals surface area contributed by atoms with Gasteiger partial charge in [0.25, 0.3) is 5.56 Å². The average molecular weight is 554 g/mol. The average Bonchev–Trinajstić information content (AvgIpc) is 3.68. The Balaban J connectivity index is 1.43. The number of hydrogen-bond donors (Lipinski definition) is 0. The molecule has 0 radical (unpaired) electrons. The van der Waals surface area contributed by atoms with E-state index < -0.39 is 5.82 Å². The van der Waals surface area contributed by atoms with E-state index in [4.69, 9.17) is 14.6 Å². The summed E-state index contributed by atoms with van der Waals surface area (Å²) in [7, 11) is 1.60. The molecule has 0 aliphatic heterocycles. The summed E-state index contributed by atoms with van der Waals surface area (Å²) in [4.78, 5) is 18.4. The van der Waals surface area contributed by atoms with E-state index >= 15 is 0 Å². The number of nitrogens with zero attached hydrogens (tertiary/aromatic N) is 5. The molecule has 3 heterocycles. The highest BCUT2D eigenvalue weighted by atomic mass is 32.1. The Kier molecular flexibility index (Phi) is 6.83. The van der Waals surface area contributed by atoms with Gasteiger partial charge in [0.15, 0.2) is 17.4 Å². The molecule has 8 nitrogen and oxygen atoms in total. The third-order valence-corrected chi connectivity index (χ3v) is 7.21. The molecule has 0 aliphatic rings. The lowest BCUT2D eigenvalue weighted by Gasteiger charge is -2.07. The van der Waals surface area contributed by atoms with E-state index in [2.05, 4.69) is 10.1 Å². The van der Waals surface area contributed by atoms with Crippen LogP contribution >= 0.6 is 11.3 Å². The van der Waals surface area contributed by atoms with E-state index in [0.29, 0.717) is 38.7 Å². The SMILES string of the molecule is CCCOc1ccc(-c2nn(-c3ccccc3)cc2C=c2sc3nc(-c4ccc(OC)cc4)nn3c2=O)cc1F. The number of ether oxygens (including phenoxy) is 2. The number of benzene rings is 3. The van der Waals surface area contributed by atoms with Gasteiger partial charge in [-0.1, -0.05) is 36.5 Å². The zero-order valence-electron chi connectivity index (χ0n) is 21.7. The van der Waals surface area contributed by atoms with Crippen molar-refractivity contribution in [2.45, 2.75) is 13.3 Å². The molecule has 0 saturated carbocycles. The van der Waals surface area contributed by atoms with Gasteiger partial charge < -0.3 is 9.47 Å². The predicted molar refractivity (Wildman–Crippen MR) is 153 cm³/mol. The van der Waals surface area contributed by atoms with E-state index in [0.717, 1.165) is 23.4 Å². The Morgan fingerprint density at radius 3 is 2.48 bits per heavy atom. The maximum atomic E-state index is 14.9. The summed E-state index contributed by atoms with van der Waals surface area (Å²) in [6.45, 7) is 2.39. The highest BCUT2D eigenvalue weighted by Gasteiger charge is 2.16. The molecule has 3 aromatic heterocycles. The van der Waals surface area contributed by atoms with Crippen LogP contribution in [0.1, 0.15) is 18.9 Å². The zero-order chi connectivity index (χ0) is 27.6. The fraction of sp³-hybridized carbons (Fsp3) is 0.133. The summed E-state index contributed by atoms with van der Waals surface area (Å²) in [6.07, 6.45) is 4.35. The number of rotatable bonds is 8. The van der Waals surface area contributed by atoms with Gasteiger partial charge in [0.1, 0.15) is 11.4 Å². The molecule has 6 rings (SSSR count). The van der Waals surface area contributed by atoms with Crippen molar-refractivity contribution in [2.75, 3.05) is 13.7 Å². The molecule has 0 spiro atoms. The van der Waals surface area contributed by atoms with Crippen molar-refractivity contribution in [1.29, 1.82) is 0 Å². The summed E-state index contributed by atoms with van der Waals surface area (Å²) < 4.78 is 29.0. The zero-order valence-corrected chi connectivity index (χ0v) is 22.6. The third kappa shape index (κ3) is 4.85. The summed E-state index contributed by atoms with van der Waals surface area (Å²) in [6, 6.07) is 21.7.